The molecule has 4 nitrogen and oxygen atoms in total. The summed E-state index contributed by atoms with van der Waals surface area (Å²) >= 11 is 0. The average molecular weight is 222 g/mol. The lowest BCUT2D eigenvalue weighted by Crippen LogP contribution is -2.09. The van der Waals surface area contributed by atoms with Crippen LogP contribution in [-0.2, 0) is 12.8 Å². The molecule has 0 fully saturated rings. The van der Waals surface area contributed by atoms with E-state index in [1.807, 2.05) is 0 Å². The fourth-order valence-electron chi connectivity index (χ4n) is 2.23. The van der Waals surface area contributed by atoms with E-state index < -0.39 is 5.97 Å². The SMILES string of the molecule is COc1cc(C(=O)O)c(O)c2c1CCCC2. The van der Waals surface area contributed by atoms with Crippen molar-refractivity contribution in [3.8, 4) is 11.5 Å². The number of hydrogen-bond acceptors (Lipinski definition) is 3. The summed E-state index contributed by atoms with van der Waals surface area (Å²) in [4.78, 5) is 11.0. The Bertz CT molecular complexity index is 437. The van der Waals surface area contributed by atoms with E-state index in [0.717, 1.165) is 36.8 Å². The van der Waals surface area contributed by atoms with Crippen LogP contribution in [0.4, 0.5) is 0 Å². The maximum Gasteiger partial charge on any atom is 0.339 e. The van der Waals surface area contributed by atoms with Crippen LogP contribution in [0.1, 0.15) is 34.3 Å². The van der Waals surface area contributed by atoms with Crippen LogP contribution < -0.4 is 4.74 Å². The lowest BCUT2D eigenvalue weighted by Gasteiger charge is -2.20. The summed E-state index contributed by atoms with van der Waals surface area (Å²) in [6.07, 6.45) is 3.59. The van der Waals surface area contributed by atoms with Crippen LogP contribution in [0, 0.1) is 0 Å². The first kappa shape index (κ1) is 10.8. The first-order valence-corrected chi connectivity index (χ1v) is 5.30. The summed E-state index contributed by atoms with van der Waals surface area (Å²) in [5.41, 5.74) is 1.62. The van der Waals surface area contributed by atoms with Crippen molar-refractivity contribution in [2.24, 2.45) is 0 Å². The Morgan fingerprint density at radius 2 is 1.94 bits per heavy atom. The minimum absolute atomic E-state index is 0.0718. The Hall–Kier alpha value is -1.71. The van der Waals surface area contributed by atoms with E-state index in [-0.39, 0.29) is 11.3 Å². The molecule has 0 bridgehead atoms. The van der Waals surface area contributed by atoms with Crippen LogP contribution in [-0.4, -0.2) is 23.3 Å². The first-order chi connectivity index (χ1) is 7.65. The second kappa shape index (κ2) is 4.04. The lowest BCUT2D eigenvalue weighted by atomic mass is 9.88. The molecular formula is C12H14O4. The van der Waals surface area contributed by atoms with Gasteiger partial charge in [-0.3, -0.25) is 0 Å². The molecule has 1 aromatic carbocycles. The highest BCUT2D eigenvalue weighted by atomic mass is 16.5. The largest absolute Gasteiger partial charge is 0.507 e. The molecule has 1 aliphatic carbocycles. The number of aromatic hydroxyl groups is 1. The topological polar surface area (TPSA) is 66.8 Å². The molecule has 0 spiro atoms. The normalized spacial score (nSPS) is 14.3. The summed E-state index contributed by atoms with van der Waals surface area (Å²) in [7, 11) is 1.52. The van der Waals surface area contributed by atoms with E-state index in [2.05, 4.69) is 0 Å². The van der Waals surface area contributed by atoms with Crippen molar-refractivity contribution in [3.63, 3.8) is 0 Å². The summed E-state index contributed by atoms with van der Waals surface area (Å²) in [5.74, 6) is -0.642. The number of carboxylic acid groups (broad SMARTS) is 1. The van der Waals surface area contributed by atoms with Gasteiger partial charge in [-0.2, -0.15) is 0 Å². The van der Waals surface area contributed by atoms with Crippen molar-refractivity contribution in [1.82, 2.24) is 0 Å². The maximum atomic E-state index is 11.0. The fourth-order valence-corrected chi connectivity index (χ4v) is 2.23. The quantitative estimate of drug-likeness (QED) is 0.802. The second-order valence-corrected chi connectivity index (χ2v) is 3.94. The first-order valence-electron chi connectivity index (χ1n) is 5.30. The molecule has 0 aromatic heterocycles. The number of rotatable bonds is 2. The number of benzene rings is 1. The smallest absolute Gasteiger partial charge is 0.339 e. The van der Waals surface area contributed by atoms with Crippen LogP contribution in [0.25, 0.3) is 0 Å². The maximum absolute atomic E-state index is 11.0. The third-order valence-electron chi connectivity index (χ3n) is 3.03. The van der Waals surface area contributed by atoms with E-state index >= 15 is 0 Å². The molecular weight excluding hydrogens is 208 g/mol. The molecule has 0 radical (unpaired) electrons. The highest BCUT2D eigenvalue weighted by Gasteiger charge is 2.23. The molecule has 0 heterocycles. The second-order valence-electron chi connectivity index (χ2n) is 3.94. The number of carbonyl (C=O) groups is 1. The van der Waals surface area contributed by atoms with Crippen LogP contribution >= 0.6 is 0 Å². The molecule has 0 amide bonds. The molecule has 0 atom stereocenters. The molecule has 16 heavy (non-hydrogen) atoms. The van der Waals surface area contributed by atoms with Gasteiger partial charge in [0.2, 0.25) is 0 Å². The van der Waals surface area contributed by atoms with E-state index in [4.69, 9.17) is 9.84 Å². The van der Waals surface area contributed by atoms with Gasteiger partial charge in [0, 0.05) is 11.1 Å². The molecule has 0 unspecified atom stereocenters. The summed E-state index contributed by atoms with van der Waals surface area (Å²) in [6.45, 7) is 0. The van der Waals surface area contributed by atoms with Gasteiger partial charge in [0.15, 0.2) is 0 Å². The van der Waals surface area contributed by atoms with Crippen LogP contribution in [0.15, 0.2) is 6.07 Å². The Balaban J connectivity index is 2.64. The molecule has 86 valence electrons. The Morgan fingerprint density at radius 3 is 2.50 bits per heavy atom. The van der Waals surface area contributed by atoms with Crippen LogP contribution in [0.3, 0.4) is 0 Å². The molecule has 0 saturated heterocycles. The zero-order chi connectivity index (χ0) is 11.7. The molecule has 4 heteroatoms. The van der Waals surface area contributed by atoms with Gasteiger partial charge >= 0.3 is 5.97 Å². The average Bonchev–Trinajstić information content (AvgIpc) is 2.29. The van der Waals surface area contributed by atoms with Gasteiger partial charge in [0.05, 0.1) is 7.11 Å². The summed E-state index contributed by atoms with van der Waals surface area (Å²) in [6, 6.07) is 1.40. The van der Waals surface area contributed by atoms with Gasteiger partial charge < -0.3 is 14.9 Å². The zero-order valence-electron chi connectivity index (χ0n) is 9.12. The Kier molecular flexibility index (Phi) is 2.73. The molecule has 0 saturated carbocycles. The minimum atomic E-state index is -1.12. The van der Waals surface area contributed by atoms with Crippen molar-refractivity contribution in [3.05, 3.63) is 22.8 Å². The Morgan fingerprint density at radius 1 is 1.31 bits per heavy atom. The summed E-state index contributed by atoms with van der Waals surface area (Å²) in [5, 5.41) is 18.9. The third-order valence-corrected chi connectivity index (χ3v) is 3.03. The van der Waals surface area contributed by atoms with Crippen LogP contribution in [0.2, 0.25) is 0 Å². The number of aromatic carboxylic acids is 1. The van der Waals surface area contributed by atoms with Gasteiger partial charge in [-0.25, -0.2) is 4.79 Å². The van der Waals surface area contributed by atoms with Crippen molar-refractivity contribution in [2.45, 2.75) is 25.7 Å². The summed E-state index contributed by atoms with van der Waals surface area (Å²) < 4.78 is 5.18. The van der Waals surface area contributed by atoms with Crippen molar-refractivity contribution in [2.75, 3.05) is 7.11 Å². The van der Waals surface area contributed by atoms with Gasteiger partial charge in [-0.05, 0) is 31.7 Å². The van der Waals surface area contributed by atoms with Crippen molar-refractivity contribution < 1.29 is 19.7 Å². The van der Waals surface area contributed by atoms with Gasteiger partial charge in [0.25, 0.3) is 0 Å². The van der Waals surface area contributed by atoms with E-state index in [0.29, 0.717) is 5.75 Å². The number of methoxy groups -OCH3 is 1. The standard InChI is InChI=1S/C12H14O4/c1-16-10-6-9(12(14)15)11(13)8-5-3-2-4-7(8)10/h6,13H,2-5H2,1H3,(H,14,15). The van der Waals surface area contributed by atoms with Gasteiger partial charge in [-0.15, -0.1) is 0 Å². The molecule has 2 rings (SSSR count). The molecule has 1 aliphatic rings. The van der Waals surface area contributed by atoms with E-state index in [9.17, 15) is 9.90 Å². The zero-order valence-corrected chi connectivity index (χ0v) is 9.12. The van der Waals surface area contributed by atoms with Crippen LogP contribution in [0.5, 0.6) is 11.5 Å². The fraction of sp³-hybridized carbons (Fsp3) is 0.417. The number of ether oxygens (including phenoxy) is 1. The Labute approximate surface area is 93.5 Å². The number of phenols is 1. The van der Waals surface area contributed by atoms with Gasteiger partial charge in [-0.1, -0.05) is 0 Å². The monoisotopic (exact) mass is 222 g/mol. The van der Waals surface area contributed by atoms with Crippen molar-refractivity contribution >= 4 is 5.97 Å². The number of carboxylic acids is 1. The highest BCUT2D eigenvalue weighted by Crippen LogP contribution is 2.38. The van der Waals surface area contributed by atoms with E-state index in [1.54, 1.807) is 0 Å². The molecule has 1 aromatic rings. The molecule has 0 aliphatic heterocycles. The number of hydrogen-bond donors (Lipinski definition) is 2. The minimum Gasteiger partial charge on any atom is -0.507 e. The number of fused-ring (bicyclic) bond motifs is 1. The van der Waals surface area contributed by atoms with E-state index in [1.165, 1.54) is 13.2 Å². The molecule has 2 N–H and O–H groups in total. The van der Waals surface area contributed by atoms with Gasteiger partial charge in [0.1, 0.15) is 17.1 Å². The predicted octanol–water partition coefficient (Wildman–Crippen LogP) is 1.98. The highest BCUT2D eigenvalue weighted by molar-refractivity contribution is 5.92. The predicted molar refractivity (Wildman–Crippen MR) is 58.3 cm³/mol. The third kappa shape index (κ3) is 1.60. The van der Waals surface area contributed by atoms with Crippen molar-refractivity contribution in [1.29, 1.82) is 0 Å². The lowest BCUT2D eigenvalue weighted by molar-refractivity contribution is 0.0693.